The van der Waals surface area contributed by atoms with Gasteiger partial charge in [-0.3, -0.25) is 19.1 Å². The molecule has 2 atom stereocenters. The summed E-state index contributed by atoms with van der Waals surface area (Å²) in [4.78, 5) is 42.1. The van der Waals surface area contributed by atoms with Crippen LogP contribution < -0.4 is 25.4 Å². The first kappa shape index (κ1) is 35.9. The van der Waals surface area contributed by atoms with Crippen LogP contribution in [0.5, 0.6) is 11.5 Å². The number of ether oxygens (including phenoxy) is 2. The van der Waals surface area contributed by atoms with Crippen molar-refractivity contribution in [2.75, 3.05) is 20.6 Å². The smallest absolute Gasteiger partial charge is 0.271 e. The van der Waals surface area contributed by atoms with Crippen molar-refractivity contribution in [1.29, 1.82) is 0 Å². The van der Waals surface area contributed by atoms with Crippen LogP contribution >= 0.6 is 0 Å². The monoisotopic (exact) mass is 669 g/mol. The number of rotatable bonds is 12. The predicted octanol–water partition coefficient (Wildman–Crippen LogP) is 5.01. The van der Waals surface area contributed by atoms with Gasteiger partial charge in [0.15, 0.2) is 11.5 Å². The summed E-state index contributed by atoms with van der Waals surface area (Å²) >= 11 is 0. The minimum absolute atomic E-state index is 0.179. The molecule has 5 N–H and O–H groups in total. The van der Waals surface area contributed by atoms with Crippen LogP contribution in [0.3, 0.4) is 0 Å². The molecule has 14 nitrogen and oxygen atoms in total. The first-order valence-corrected chi connectivity index (χ1v) is 15.9. The van der Waals surface area contributed by atoms with Gasteiger partial charge in [-0.2, -0.15) is 15.3 Å². The van der Waals surface area contributed by atoms with Gasteiger partial charge in [0.1, 0.15) is 29.3 Å². The van der Waals surface area contributed by atoms with Gasteiger partial charge in [-0.05, 0) is 46.2 Å². The van der Waals surface area contributed by atoms with Crippen molar-refractivity contribution in [3.05, 3.63) is 102 Å². The molecule has 5 aromatic rings. The third kappa shape index (κ3) is 9.12. The molecular formula is C35H43N9O5. The van der Waals surface area contributed by atoms with Crippen molar-refractivity contribution >= 4 is 17.7 Å². The molecule has 0 saturated carbocycles. The Morgan fingerprint density at radius 1 is 0.796 bits per heavy atom. The highest BCUT2D eigenvalue weighted by Gasteiger charge is 2.22. The molecule has 0 fully saturated rings. The lowest BCUT2D eigenvalue weighted by molar-refractivity contribution is 0.0940. The first-order valence-electron chi connectivity index (χ1n) is 15.9. The van der Waals surface area contributed by atoms with Crippen molar-refractivity contribution in [1.82, 2.24) is 45.9 Å². The number of aromatic amines is 2. The number of nitrogens with one attached hydrogen (secondary N) is 5. The van der Waals surface area contributed by atoms with Crippen molar-refractivity contribution in [3.63, 3.8) is 0 Å². The van der Waals surface area contributed by atoms with Gasteiger partial charge >= 0.3 is 0 Å². The van der Waals surface area contributed by atoms with Gasteiger partial charge in [-0.15, -0.1) is 0 Å². The number of hydrogen-bond donors (Lipinski definition) is 5. The molecule has 2 unspecified atom stereocenters. The molecule has 3 amide bonds. The molecule has 49 heavy (non-hydrogen) atoms. The molecule has 0 aliphatic heterocycles. The molecule has 258 valence electrons. The fraction of sp³-hybridized carbons (Fsp3) is 0.314. The zero-order chi connectivity index (χ0) is 35.5. The van der Waals surface area contributed by atoms with E-state index in [-0.39, 0.29) is 47.4 Å². The molecule has 0 radical (unpaired) electrons. The van der Waals surface area contributed by atoms with Crippen molar-refractivity contribution in [3.8, 4) is 22.8 Å². The van der Waals surface area contributed by atoms with Crippen LogP contribution in [0.1, 0.15) is 95.5 Å². The molecule has 1 aromatic carbocycles. The maximum atomic E-state index is 12.3. The van der Waals surface area contributed by atoms with Crippen LogP contribution in [-0.4, -0.2) is 68.3 Å². The normalized spacial score (nSPS) is 11.9. The lowest BCUT2D eigenvalue weighted by Crippen LogP contribution is -2.23. The fourth-order valence-corrected chi connectivity index (χ4v) is 4.72. The van der Waals surface area contributed by atoms with E-state index in [9.17, 15) is 14.4 Å². The van der Waals surface area contributed by atoms with Crippen LogP contribution in [0.2, 0.25) is 0 Å². The number of H-pyrrole nitrogens is 2. The van der Waals surface area contributed by atoms with Crippen LogP contribution in [0, 0.1) is 0 Å². The Balaban J connectivity index is 0.000000223. The summed E-state index contributed by atoms with van der Waals surface area (Å²) in [6.07, 6.45) is 6.35. The van der Waals surface area contributed by atoms with E-state index < -0.39 is 0 Å². The standard InChI is InChI=1S/C20H24N4O2.C15H19N5O3/c1-13(2)24-12-16(11-22-24)17-10-18(19(23-17)20(25)21-4)26-14(3)15-8-6-5-7-9-15;1-4-17-14(21)11-7-12(13(20-11)15(22)16-3)23-9(2)10-5-6-18-19-8-10/h5-14,23H,1-4H3,(H,21,25);5-9,20H,4H2,1-3H3,(H,16,22)(H,17,21). The highest BCUT2D eigenvalue weighted by molar-refractivity contribution is 5.99. The lowest BCUT2D eigenvalue weighted by atomic mass is 10.1. The largest absolute Gasteiger partial charge is 0.484 e. The molecule has 4 aromatic heterocycles. The summed E-state index contributed by atoms with van der Waals surface area (Å²) in [6, 6.07) is 15.3. The Kier molecular flexibility index (Phi) is 12.3. The van der Waals surface area contributed by atoms with Crippen LogP contribution in [0.4, 0.5) is 0 Å². The molecule has 0 saturated heterocycles. The Hall–Kier alpha value is -5.92. The minimum atomic E-state index is -0.365. The number of benzene rings is 1. The van der Waals surface area contributed by atoms with Gasteiger partial charge in [0.2, 0.25) is 0 Å². The zero-order valence-electron chi connectivity index (χ0n) is 28.7. The van der Waals surface area contributed by atoms with Crippen LogP contribution in [0.15, 0.2) is 73.3 Å². The summed E-state index contributed by atoms with van der Waals surface area (Å²) in [7, 11) is 3.11. The Morgan fingerprint density at radius 3 is 2.00 bits per heavy atom. The number of hydrogen-bond acceptors (Lipinski definition) is 8. The predicted molar refractivity (Wildman–Crippen MR) is 185 cm³/mol. The van der Waals surface area contributed by atoms with Gasteiger partial charge in [0.05, 0.1) is 18.1 Å². The Morgan fingerprint density at radius 2 is 1.43 bits per heavy atom. The van der Waals surface area contributed by atoms with Crippen molar-refractivity contribution in [2.24, 2.45) is 0 Å². The molecule has 0 aliphatic rings. The van der Waals surface area contributed by atoms with Gasteiger partial charge in [0, 0.05) is 62.3 Å². The van der Waals surface area contributed by atoms with E-state index in [1.165, 1.54) is 13.1 Å². The van der Waals surface area contributed by atoms with E-state index in [1.807, 2.05) is 68.0 Å². The summed E-state index contributed by atoms with van der Waals surface area (Å²) in [6.45, 7) is 10.2. The van der Waals surface area contributed by atoms with E-state index in [1.54, 1.807) is 31.7 Å². The number of aromatic nitrogens is 6. The summed E-state index contributed by atoms with van der Waals surface area (Å²) in [5, 5.41) is 19.7. The lowest BCUT2D eigenvalue weighted by Gasteiger charge is -2.14. The van der Waals surface area contributed by atoms with E-state index in [4.69, 9.17) is 9.47 Å². The fourth-order valence-electron chi connectivity index (χ4n) is 4.72. The SMILES string of the molecule is CCNC(=O)c1cc(OC(C)c2ccnnc2)c(C(=O)NC)[nH]1.CNC(=O)c1[nH]c(-c2cnn(C(C)C)c2)cc1OC(C)c1ccccc1. The number of carbonyl (C=O) groups excluding carboxylic acids is 3. The topological polar surface area (TPSA) is 181 Å². The summed E-state index contributed by atoms with van der Waals surface area (Å²) in [5.74, 6) is -0.0629. The molecule has 0 spiro atoms. The molecule has 5 rings (SSSR count). The third-order valence-electron chi connectivity index (χ3n) is 7.45. The van der Waals surface area contributed by atoms with Gasteiger partial charge in [0.25, 0.3) is 17.7 Å². The number of nitrogens with zero attached hydrogens (tertiary/aromatic N) is 4. The maximum Gasteiger partial charge on any atom is 0.271 e. The second-order valence-corrected chi connectivity index (χ2v) is 11.3. The zero-order valence-corrected chi connectivity index (χ0v) is 28.7. The summed E-state index contributed by atoms with van der Waals surface area (Å²) in [5.41, 5.74) is 4.43. The van der Waals surface area contributed by atoms with E-state index in [2.05, 4.69) is 55.1 Å². The number of amides is 3. The summed E-state index contributed by atoms with van der Waals surface area (Å²) < 4.78 is 13.8. The van der Waals surface area contributed by atoms with Gasteiger partial charge in [-0.1, -0.05) is 30.3 Å². The third-order valence-corrected chi connectivity index (χ3v) is 7.45. The highest BCUT2D eigenvalue weighted by atomic mass is 16.5. The number of carbonyl (C=O) groups is 3. The van der Waals surface area contributed by atoms with E-state index in [0.717, 1.165) is 22.4 Å². The minimum Gasteiger partial charge on any atom is -0.484 e. The molecule has 0 bridgehead atoms. The van der Waals surface area contributed by atoms with Crippen LogP contribution in [0.25, 0.3) is 11.3 Å². The maximum absolute atomic E-state index is 12.3. The Bertz CT molecular complexity index is 1830. The average molecular weight is 670 g/mol. The molecule has 0 aliphatic carbocycles. The quantitative estimate of drug-likeness (QED) is 0.123. The van der Waals surface area contributed by atoms with E-state index >= 15 is 0 Å². The molecular weight excluding hydrogens is 626 g/mol. The van der Waals surface area contributed by atoms with Gasteiger partial charge in [-0.25, -0.2) is 0 Å². The first-order chi connectivity index (χ1) is 23.6. The van der Waals surface area contributed by atoms with Crippen molar-refractivity contribution in [2.45, 2.75) is 52.9 Å². The second kappa shape index (κ2) is 16.8. The molecule has 4 heterocycles. The van der Waals surface area contributed by atoms with E-state index in [0.29, 0.717) is 23.7 Å². The Labute approximate surface area is 285 Å². The van der Waals surface area contributed by atoms with Crippen molar-refractivity contribution < 1.29 is 23.9 Å². The average Bonchev–Trinajstić information content (AvgIpc) is 3.88. The molecule has 14 heteroatoms. The second-order valence-electron chi connectivity index (χ2n) is 11.3. The van der Waals surface area contributed by atoms with Crippen LogP contribution in [-0.2, 0) is 0 Å². The van der Waals surface area contributed by atoms with Gasteiger partial charge < -0.3 is 35.4 Å². The highest BCUT2D eigenvalue weighted by Crippen LogP contribution is 2.31.